The third kappa shape index (κ3) is 1.49. The molecule has 1 spiro atoms. The summed E-state index contributed by atoms with van der Waals surface area (Å²) in [7, 11) is 2.39. The molecule has 1 heterocycles. The fourth-order valence-electron chi connectivity index (χ4n) is 3.03. The smallest absolute Gasteiger partial charge is 0.210 e. The Morgan fingerprint density at radius 1 is 1.21 bits per heavy atom. The summed E-state index contributed by atoms with van der Waals surface area (Å²) >= 11 is 0. The molecule has 0 aromatic heterocycles. The van der Waals surface area contributed by atoms with Gasteiger partial charge in [0.15, 0.2) is 6.73 Å². The minimum Gasteiger partial charge on any atom is -0.276 e. The van der Waals surface area contributed by atoms with E-state index in [9.17, 15) is 0 Å². The van der Waals surface area contributed by atoms with Crippen LogP contribution in [0, 0.1) is 0 Å². The molecule has 0 amide bonds. The lowest BCUT2D eigenvalue weighted by Gasteiger charge is -2.59. The predicted molar refractivity (Wildman–Crippen MR) is 57.7 cm³/mol. The molecule has 2 nitrogen and oxygen atoms in total. The highest BCUT2D eigenvalue weighted by Crippen LogP contribution is 2.45. The van der Waals surface area contributed by atoms with Gasteiger partial charge in [-0.3, -0.25) is 9.22 Å². The van der Waals surface area contributed by atoms with E-state index < -0.39 is 0 Å². The zero-order valence-electron chi connectivity index (χ0n) is 9.72. The van der Waals surface area contributed by atoms with Crippen LogP contribution in [-0.2, 0) is 4.74 Å². The van der Waals surface area contributed by atoms with Crippen molar-refractivity contribution in [3.63, 3.8) is 0 Å². The Labute approximate surface area is 87.8 Å². The van der Waals surface area contributed by atoms with Gasteiger partial charge < -0.3 is 0 Å². The van der Waals surface area contributed by atoms with Gasteiger partial charge in [-0.15, -0.1) is 0 Å². The Hall–Kier alpha value is -0.0800. The number of quaternary nitrogens is 1. The molecule has 0 N–H and O–H groups in total. The first kappa shape index (κ1) is 10.4. The maximum atomic E-state index is 5.94. The van der Waals surface area contributed by atoms with E-state index in [1.807, 2.05) is 0 Å². The van der Waals surface area contributed by atoms with Gasteiger partial charge in [0, 0.05) is 12.8 Å². The van der Waals surface area contributed by atoms with E-state index in [-0.39, 0.29) is 5.72 Å². The summed E-state index contributed by atoms with van der Waals surface area (Å²) in [6.45, 7) is 4.55. The van der Waals surface area contributed by atoms with Crippen LogP contribution in [0.15, 0.2) is 0 Å². The van der Waals surface area contributed by atoms with Crippen molar-refractivity contribution in [3.05, 3.63) is 0 Å². The average Bonchev–Trinajstić information content (AvgIpc) is 2.25. The Kier molecular flexibility index (Phi) is 2.85. The first-order valence-corrected chi connectivity index (χ1v) is 6.21. The quantitative estimate of drug-likeness (QED) is 0.634. The third-order valence-electron chi connectivity index (χ3n) is 4.24. The highest BCUT2D eigenvalue weighted by atomic mass is 16.6. The van der Waals surface area contributed by atoms with Gasteiger partial charge in [0.2, 0.25) is 5.72 Å². The molecule has 2 rings (SSSR count). The van der Waals surface area contributed by atoms with E-state index in [0.717, 1.165) is 6.73 Å². The van der Waals surface area contributed by atoms with Crippen molar-refractivity contribution >= 4 is 0 Å². The summed E-state index contributed by atoms with van der Waals surface area (Å²) in [4.78, 5) is 0. The molecule has 0 bridgehead atoms. The first-order valence-electron chi connectivity index (χ1n) is 6.21. The molecular formula is C12H24NO+. The van der Waals surface area contributed by atoms with E-state index >= 15 is 0 Å². The second-order valence-electron chi connectivity index (χ2n) is 5.25. The standard InChI is InChI=1S/C12H24NO/c1-3-4-10-13(2)11-14-12(13)8-6-5-7-9-12/h3-11H2,1-2H3/q+1. The Morgan fingerprint density at radius 3 is 2.43 bits per heavy atom. The predicted octanol–water partition coefficient (Wildman–Crippen LogP) is 2.88. The second-order valence-corrected chi connectivity index (χ2v) is 5.25. The van der Waals surface area contributed by atoms with Crippen molar-refractivity contribution in [3.8, 4) is 0 Å². The zero-order valence-corrected chi connectivity index (χ0v) is 9.72. The fraction of sp³-hybridized carbons (Fsp3) is 1.00. The van der Waals surface area contributed by atoms with E-state index in [0.29, 0.717) is 0 Å². The maximum absolute atomic E-state index is 5.94. The molecule has 2 fully saturated rings. The van der Waals surface area contributed by atoms with Gasteiger partial charge in [0.05, 0.1) is 13.6 Å². The number of ether oxygens (including phenoxy) is 1. The summed E-state index contributed by atoms with van der Waals surface area (Å²) in [6.07, 6.45) is 9.42. The van der Waals surface area contributed by atoms with Crippen LogP contribution in [0.4, 0.5) is 0 Å². The van der Waals surface area contributed by atoms with Crippen LogP contribution in [0.2, 0.25) is 0 Å². The Morgan fingerprint density at radius 2 is 1.93 bits per heavy atom. The van der Waals surface area contributed by atoms with Crippen molar-refractivity contribution < 1.29 is 9.22 Å². The van der Waals surface area contributed by atoms with E-state index in [4.69, 9.17) is 4.74 Å². The van der Waals surface area contributed by atoms with Crippen LogP contribution >= 0.6 is 0 Å². The third-order valence-corrected chi connectivity index (χ3v) is 4.24. The number of hydrogen-bond acceptors (Lipinski definition) is 1. The molecule has 1 saturated heterocycles. The van der Waals surface area contributed by atoms with Crippen molar-refractivity contribution in [2.45, 2.75) is 57.6 Å². The maximum Gasteiger partial charge on any atom is 0.210 e. The lowest BCUT2D eigenvalue weighted by molar-refractivity contribution is -1.07. The summed E-state index contributed by atoms with van der Waals surface area (Å²) in [5.41, 5.74) is 0.243. The van der Waals surface area contributed by atoms with Gasteiger partial charge in [-0.25, -0.2) is 0 Å². The molecular weight excluding hydrogens is 174 g/mol. The minimum atomic E-state index is 0.243. The van der Waals surface area contributed by atoms with Crippen LogP contribution in [-0.4, -0.2) is 30.5 Å². The van der Waals surface area contributed by atoms with Crippen LogP contribution in [0.3, 0.4) is 0 Å². The molecule has 82 valence electrons. The summed E-state index contributed by atoms with van der Waals surface area (Å²) in [5.74, 6) is 0. The average molecular weight is 198 g/mol. The van der Waals surface area contributed by atoms with Gasteiger partial charge in [-0.1, -0.05) is 19.8 Å². The van der Waals surface area contributed by atoms with Crippen LogP contribution in [0.5, 0.6) is 0 Å². The van der Waals surface area contributed by atoms with Crippen molar-refractivity contribution in [1.82, 2.24) is 0 Å². The molecule has 1 atom stereocenters. The SMILES string of the molecule is CCCC[N+]1(C)COC12CCCCC2. The Balaban J connectivity index is 1.97. The highest BCUT2D eigenvalue weighted by Gasteiger charge is 2.58. The molecule has 1 saturated carbocycles. The zero-order chi connectivity index (χ0) is 10.1. The molecule has 1 unspecified atom stereocenters. The van der Waals surface area contributed by atoms with Gasteiger partial charge in [-0.05, 0) is 19.3 Å². The number of rotatable bonds is 3. The topological polar surface area (TPSA) is 9.23 Å². The molecule has 2 aliphatic rings. The molecule has 1 aliphatic heterocycles. The lowest BCUT2D eigenvalue weighted by Crippen LogP contribution is -2.74. The molecule has 0 radical (unpaired) electrons. The monoisotopic (exact) mass is 198 g/mol. The number of hydrogen-bond donors (Lipinski definition) is 0. The van der Waals surface area contributed by atoms with Gasteiger partial charge >= 0.3 is 0 Å². The number of nitrogens with zero attached hydrogens (tertiary/aromatic N) is 1. The summed E-state index contributed by atoms with van der Waals surface area (Å²) in [5, 5.41) is 0. The summed E-state index contributed by atoms with van der Waals surface area (Å²) < 4.78 is 7.14. The minimum absolute atomic E-state index is 0.243. The van der Waals surface area contributed by atoms with Gasteiger partial charge in [0.25, 0.3) is 0 Å². The number of unbranched alkanes of at least 4 members (excludes halogenated alkanes) is 1. The van der Waals surface area contributed by atoms with Gasteiger partial charge in [-0.2, -0.15) is 0 Å². The van der Waals surface area contributed by atoms with Crippen molar-refractivity contribution in [2.24, 2.45) is 0 Å². The molecule has 14 heavy (non-hydrogen) atoms. The van der Waals surface area contributed by atoms with Gasteiger partial charge in [0.1, 0.15) is 0 Å². The first-order chi connectivity index (χ1) is 6.72. The second kappa shape index (κ2) is 3.82. The molecule has 0 aromatic rings. The molecule has 0 aromatic carbocycles. The van der Waals surface area contributed by atoms with Crippen molar-refractivity contribution in [2.75, 3.05) is 20.3 Å². The van der Waals surface area contributed by atoms with Crippen LogP contribution < -0.4 is 0 Å². The van der Waals surface area contributed by atoms with E-state index in [1.165, 1.54) is 56.0 Å². The summed E-state index contributed by atoms with van der Waals surface area (Å²) in [6, 6.07) is 0. The normalized spacial score (nSPS) is 35.6. The fourth-order valence-corrected chi connectivity index (χ4v) is 3.03. The molecule has 2 heteroatoms. The van der Waals surface area contributed by atoms with Crippen molar-refractivity contribution in [1.29, 1.82) is 0 Å². The lowest BCUT2D eigenvalue weighted by atomic mass is 9.86. The Bertz CT molecular complexity index is 198. The van der Waals surface area contributed by atoms with E-state index in [2.05, 4.69) is 14.0 Å². The highest BCUT2D eigenvalue weighted by molar-refractivity contribution is 4.80. The van der Waals surface area contributed by atoms with Crippen LogP contribution in [0.1, 0.15) is 51.9 Å². The largest absolute Gasteiger partial charge is 0.276 e. The van der Waals surface area contributed by atoms with E-state index in [1.54, 1.807) is 0 Å². The van der Waals surface area contributed by atoms with Crippen LogP contribution in [0.25, 0.3) is 0 Å². The molecule has 1 aliphatic carbocycles.